The van der Waals surface area contributed by atoms with E-state index in [1.54, 1.807) is 12.3 Å². The third-order valence-corrected chi connectivity index (χ3v) is 2.68. The molecule has 1 aromatic heterocycles. The second-order valence-electron chi connectivity index (χ2n) is 3.75. The molecule has 0 aliphatic rings. The summed E-state index contributed by atoms with van der Waals surface area (Å²) in [6, 6.07) is 5.05. The molecule has 88 valence electrons. The van der Waals surface area contributed by atoms with Gasteiger partial charge in [0.15, 0.2) is 0 Å². The van der Waals surface area contributed by atoms with E-state index in [1.807, 2.05) is 13.0 Å². The second-order valence-corrected chi connectivity index (χ2v) is 3.75. The highest BCUT2D eigenvalue weighted by Crippen LogP contribution is 2.26. The summed E-state index contributed by atoms with van der Waals surface area (Å²) in [6.07, 6.45) is 2.65. The maximum Gasteiger partial charge on any atom is 0.335 e. The van der Waals surface area contributed by atoms with E-state index in [1.165, 1.54) is 13.2 Å². The Bertz CT molecular complexity index is 578. The smallest absolute Gasteiger partial charge is 0.335 e. The summed E-state index contributed by atoms with van der Waals surface area (Å²) in [4.78, 5) is 15.3. The maximum absolute atomic E-state index is 11.0. The van der Waals surface area contributed by atoms with Crippen molar-refractivity contribution in [1.29, 1.82) is 0 Å². The second kappa shape index (κ2) is 4.41. The Hall–Kier alpha value is -2.10. The summed E-state index contributed by atoms with van der Waals surface area (Å²) in [5.41, 5.74) is 1.97. The molecule has 0 fully saturated rings. The zero-order chi connectivity index (χ0) is 12.4. The number of aromatic carboxylic acids is 1. The fourth-order valence-electron chi connectivity index (χ4n) is 1.73. The van der Waals surface area contributed by atoms with Gasteiger partial charge in [-0.15, -0.1) is 0 Å². The van der Waals surface area contributed by atoms with Crippen LogP contribution < -0.4 is 4.74 Å². The normalized spacial score (nSPS) is 10.5. The van der Waals surface area contributed by atoms with Gasteiger partial charge in [0.2, 0.25) is 0 Å². The zero-order valence-corrected chi connectivity index (χ0v) is 9.73. The van der Waals surface area contributed by atoms with Gasteiger partial charge >= 0.3 is 5.97 Å². The molecule has 0 spiro atoms. The van der Waals surface area contributed by atoms with Crippen LogP contribution in [0.3, 0.4) is 0 Å². The first-order valence-electron chi connectivity index (χ1n) is 5.35. The van der Waals surface area contributed by atoms with E-state index in [4.69, 9.17) is 9.84 Å². The number of pyridine rings is 1. The Morgan fingerprint density at radius 2 is 2.18 bits per heavy atom. The van der Waals surface area contributed by atoms with Crippen molar-refractivity contribution in [3.8, 4) is 5.75 Å². The van der Waals surface area contributed by atoms with Crippen molar-refractivity contribution in [2.75, 3.05) is 7.11 Å². The van der Waals surface area contributed by atoms with Gasteiger partial charge in [-0.2, -0.15) is 0 Å². The van der Waals surface area contributed by atoms with Crippen molar-refractivity contribution in [1.82, 2.24) is 4.98 Å². The number of carboxylic acids is 1. The van der Waals surface area contributed by atoms with Gasteiger partial charge in [-0.05, 0) is 30.2 Å². The fraction of sp³-hybridized carbons (Fsp3) is 0.231. The van der Waals surface area contributed by atoms with E-state index >= 15 is 0 Å². The number of nitrogens with zero attached hydrogens (tertiary/aromatic N) is 1. The first-order valence-corrected chi connectivity index (χ1v) is 5.35. The van der Waals surface area contributed by atoms with Crippen LogP contribution in [0.5, 0.6) is 5.75 Å². The highest BCUT2D eigenvalue weighted by molar-refractivity contribution is 5.96. The summed E-state index contributed by atoms with van der Waals surface area (Å²) in [5.74, 6) is -0.477. The number of ether oxygens (including phenoxy) is 1. The Labute approximate surface area is 98.9 Å². The Morgan fingerprint density at radius 1 is 1.41 bits per heavy atom. The van der Waals surface area contributed by atoms with Crippen molar-refractivity contribution < 1.29 is 14.6 Å². The zero-order valence-electron chi connectivity index (χ0n) is 9.73. The summed E-state index contributed by atoms with van der Waals surface area (Å²) in [6.45, 7) is 2.03. The highest BCUT2D eigenvalue weighted by atomic mass is 16.5. The van der Waals surface area contributed by atoms with Gasteiger partial charge in [0.05, 0.1) is 12.7 Å². The lowest BCUT2D eigenvalue weighted by Gasteiger charge is -2.07. The van der Waals surface area contributed by atoms with Gasteiger partial charge in [0.25, 0.3) is 0 Å². The maximum atomic E-state index is 11.0. The van der Waals surface area contributed by atoms with Crippen LogP contribution in [0.1, 0.15) is 22.8 Å². The molecule has 4 nitrogen and oxygen atoms in total. The Kier molecular flexibility index (Phi) is 2.95. The SMILES string of the molecule is CCc1cnc2c(OC)cc(C(=O)O)cc2c1. The lowest BCUT2D eigenvalue weighted by molar-refractivity contribution is 0.0696. The lowest BCUT2D eigenvalue weighted by Crippen LogP contribution is -1.99. The molecule has 0 aliphatic heterocycles. The molecule has 1 N–H and O–H groups in total. The molecule has 2 aromatic rings. The van der Waals surface area contributed by atoms with Crippen LogP contribution in [0, 0.1) is 0 Å². The molecule has 0 saturated heterocycles. The van der Waals surface area contributed by atoms with Gasteiger partial charge in [-0.3, -0.25) is 4.98 Å². The number of aryl methyl sites for hydroxylation is 1. The van der Waals surface area contributed by atoms with E-state index < -0.39 is 5.97 Å². The largest absolute Gasteiger partial charge is 0.494 e. The predicted molar refractivity (Wildman–Crippen MR) is 64.6 cm³/mol. The quantitative estimate of drug-likeness (QED) is 0.881. The van der Waals surface area contributed by atoms with Gasteiger partial charge in [-0.1, -0.05) is 6.92 Å². The number of carboxylic acid groups (broad SMARTS) is 1. The molecule has 4 heteroatoms. The van der Waals surface area contributed by atoms with Crippen molar-refractivity contribution in [2.45, 2.75) is 13.3 Å². The van der Waals surface area contributed by atoms with Crippen LogP contribution >= 0.6 is 0 Å². The minimum Gasteiger partial charge on any atom is -0.494 e. The van der Waals surface area contributed by atoms with Crippen LogP contribution in [0.2, 0.25) is 0 Å². The van der Waals surface area contributed by atoms with Gasteiger partial charge in [0, 0.05) is 11.6 Å². The molecule has 0 amide bonds. The molecule has 1 aromatic carbocycles. The average Bonchev–Trinajstić information content (AvgIpc) is 2.36. The minimum atomic E-state index is -0.966. The van der Waals surface area contributed by atoms with Gasteiger partial charge in [0.1, 0.15) is 11.3 Å². The number of aromatic nitrogens is 1. The Balaban J connectivity index is 2.73. The number of rotatable bonds is 3. The minimum absolute atomic E-state index is 0.212. The van der Waals surface area contributed by atoms with Crippen LogP contribution in [-0.4, -0.2) is 23.2 Å². The number of fused-ring (bicyclic) bond motifs is 1. The van der Waals surface area contributed by atoms with Crippen molar-refractivity contribution in [3.05, 3.63) is 35.5 Å². The van der Waals surface area contributed by atoms with E-state index in [0.29, 0.717) is 11.3 Å². The third-order valence-electron chi connectivity index (χ3n) is 2.68. The first kappa shape index (κ1) is 11.4. The van der Waals surface area contributed by atoms with Crippen LogP contribution in [0.25, 0.3) is 10.9 Å². The number of methoxy groups -OCH3 is 1. The predicted octanol–water partition coefficient (Wildman–Crippen LogP) is 2.50. The molecule has 0 saturated carbocycles. The van der Waals surface area contributed by atoms with E-state index in [2.05, 4.69) is 4.98 Å². The van der Waals surface area contributed by atoms with Crippen LogP contribution in [0.4, 0.5) is 0 Å². The highest BCUT2D eigenvalue weighted by Gasteiger charge is 2.10. The molecule has 17 heavy (non-hydrogen) atoms. The molecule has 2 rings (SSSR count). The average molecular weight is 231 g/mol. The fourth-order valence-corrected chi connectivity index (χ4v) is 1.73. The number of benzene rings is 1. The Morgan fingerprint density at radius 3 is 2.76 bits per heavy atom. The van der Waals surface area contributed by atoms with E-state index in [9.17, 15) is 4.79 Å². The molecule has 0 bridgehead atoms. The van der Waals surface area contributed by atoms with Crippen LogP contribution in [0.15, 0.2) is 24.4 Å². The number of hydrogen-bond donors (Lipinski definition) is 1. The number of hydrogen-bond acceptors (Lipinski definition) is 3. The third kappa shape index (κ3) is 2.06. The molecule has 0 aliphatic carbocycles. The summed E-state index contributed by atoms with van der Waals surface area (Å²) >= 11 is 0. The van der Waals surface area contributed by atoms with E-state index in [-0.39, 0.29) is 5.56 Å². The van der Waals surface area contributed by atoms with E-state index in [0.717, 1.165) is 17.4 Å². The summed E-state index contributed by atoms with van der Waals surface area (Å²) in [5, 5.41) is 9.81. The monoisotopic (exact) mass is 231 g/mol. The standard InChI is InChI=1S/C13H13NO3/c1-3-8-4-9-5-10(13(15)16)6-11(17-2)12(9)14-7-8/h4-7H,3H2,1-2H3,(H,15,16). The molecular formula is C13H13NO3. The molecule has 0 radical (unpaired) electrons. The first-order chi connectivity index (χ1) is 8.15. The molecule has 0 unspecified atom stereocenters. The van der Waals surface area contributed by atoms with Crippen molar-refractivity contribution in [3.63, 3.8) is 0 Å². The summed E-state index contributed by atoms with van der Waals surface area (Å²) in [7, 11) is 1.51. The summed E-state index contributed by atoms with van der Waals surface area (Å²) < 4.78 is 5.17. The van der Waals surface area contributed by atoms with Crippen molar-refractivity contribution >= 4 is 16.9 Å². The number of carbonyl (C=O) groups is 1. The molecule has 0 atom stereocenters. The van der Waals surface area contributed by atoms with Gasteiger partial charge in [-0.25, -0.2) is 4.79 Å². The van der Waals surface area contributed by atoms with Crippen molar-refractivity contribution in [2.24, 2.45) is 0 Å². The topological polar surface area (TPSA) is 59.4 Å². The molecule has 1 heterocycles. The lowest BCUT2D eigenvalue weighted by atomic mass is 10.1. The van der Waals surface area contributed by atoms with Gasteiger partial charge < -0.3 is 9.84 Å². The molecular weight excluding hydrogens is 218 g/mol. The van der Waals surface area contributed by atoms with Crippen LogP contribution in [-0.2, 0) is 6.42 Å².